The molecule has 2 nitrogen and oxygen atoms in total. The van der Waals surface area contributed by atoms with Gasteiger partial charge in [-0.05, 0) is 37.3 Å². The van der Waals surface area contributed by atoms with E-state index < -0.39 is 0 Å². The fourth-order valence-electron chi connectivity index (χ4n) is 2.12. The molecule has 17 heavy (non-hydrogen) atoms. The van der Waals surface area contributed by atoms with Gasteiger partial charge < -0.3 is 4.98 Å². The summed E-state index contributed by atoms with van der Waals surface area (Å²) >= 11 is 0. The van der Waals surface area contributed by atoms with Crippen LogP contribution < -0.4 is 0 Å². The van der Waals surface area contributed by atoms with Crippen LogP contribution in [0.4, 0.5) is 0 Å². The number of nitrogens with zero attached hydrogens (tertiary/aromatic N) is 1. The van der Waals surface area contributed by atoms with Crippen molar-refractivity contribution in [3.63, 3.8) is 0 Å². The number of H-pyrrole nitrogens is 1. The van der Waals surface area contributed by atoms with E-state index in [4.69, 9.17) is 5.26 Å². The number of nitriles is 1. The molecular formula is C15H24N2. The Morgan fingerprint density at radius 3 is 2.29 bits per heavy atom. The molecule has 0 saturated carbocycles. The molecule has 1 heterocycles. The maximum atomic E-state index is 9.08. The monoisotopic (exact) mass is 232 g/mol. The predicted molar refractivity (Wildman–Crippen MR) is 72.0 cm³/mol. The van der Waals surface area contributed by atoms with Crippen molar-refractivity contribution in [2.75, 3.05) is 0 Å². The topological polar surface area (TPSA) is 39.6 Å². The second kappa shape index (κ2) is 7.95. The van der Waals surface area contributed by atoms with E-state index in [1.807, 2.05) is 0 Å². The summed E-state index contributed by atoms with van der Waals surface area (Å²) in [7, 11) is 0. The van der Waals surface area contributed by atoms with Gasteiger partial charge in [0, 0.05) is 5.69 Å². The Kier molecular flexibility index (Phi) is 6.47. The molecule has 0 saturated heterocycles. The molecule has 0 unspecified atom stereocenters. The molecule has 0 aliphatic carbocycles. The molecule has 0 aliphatic heterocycles. The normalized spacial score (nSPS) is 10.4. The van der Waals surface area contributed by atoms with Crippen molar-refractivity contribution >= 4 is 0 Å². The van der Waals surface area contributed by atoms with Crippen LogP contribution in [0, 0.1) is 11.3 Å². The maximum absolute atomic E-state index is 9.08. The molecule has 0 amide bonds. The second-order valence-electron chi connectivity index (χ2n) is 4.72. The van der Waals surface area contributed by atoms with Crippen LogP contribution in [0.15, 0.2) is 6.07 Å². The third kappa shape index (κ3) is 4.65. The number of aryl methyl sites for hydroxylation is 2. The first kappa shape index (κ1) is 13.8. The summed E-state index contributed by atoms with van der Waals surface area (Å²) < 4.78 is 0. The molecule has 1 rings (SSSR count). The van der Waals surface area contributed by atoms with Crippen LogP contribution in [0.2, 0.25) is 0 Å². The Bertz CT molecular complexity index is 357. The van der Waals surface area contributed by atoms with E-state index in [0.717, 1.165) is 18.5 Å². The fourth-order valence-corrected chi connectivity index (χ4v) is 2.12. The average Bonchev–Trinajstić information content (AvgIpc) is 2.72. The van der Waals surface area contributed by atoms with E-state index in [2.05, 4.69) is 31.0 Å². The molecule has 1 aromatic heterocycles. The highest BCUT2D eigenvalue weighted by Crippen LogP contribution is 2.16. The van der Waals surface area contributed by atoms with Crippen molar-refractivity contribution in [2.24, 2.45) is 0 Å². The summed E-state index contributed by atoms with van der Waals surface area (Å²) in [4.78, 5) is 3.26. The van der Waals surface area contributed by atoms with E-state index in [0.29, 0.717) is 0 Å². The molecule has 0 spiro atoms. The molecule has 2 heteroatoms. The quantitative estimate of drug-likeness (QED) is 0.665. The zero-order valence-corrected chi connectivity index (χ0v) is 11.2. The molecule has 0 radical (unpaired) electrons. The van der Waals surface area contributed by atoms with Gasteiger partial charge in [0.1, 0.15) is 11.8 Å². The smallest absolute Gasteiger partial charge is 0.121 e. The highest BCUT2D eigenvalue weighted by atomic mass is 14.7. The third-order valence-electron chi connectivity index (χ3n) is 3.17. The molecule has 0 fully saturated rings. The lowest BCUT2D eigenvalue weighted by atomic mass is 10.1. The Morgan fingerprint density at radius 1 is 1.06 bits per heavy atom. The molecule has 1 aromatic rings. The highest BCUT2D eigenvalue weighted by Gasteiger charge is 2.07. The number of aromatic amines is 1. The number of nitrogens with one attached hydrogen (secondary N) is 1. The first-order chi connectivity index (χ1) is 8.31. The molecule has 0 bridgehead atoms. The summed E-state index contributed by atoms with van der Waals surface area (Å²) in [6.07, 6.45) is 9.53. The Balaban J connectivity index is 2.54. The van der Waals surface area contributed by atoms with Gasteiger partial charge >= 0.3 is 0 Å². The van der Waals surface area contributed by atoms with Crippen molar-refractivity contribution < 1.29 is 0 Å². The summed E-state index contributed by atoms with van der Waals surface area (Å²) in [5.41, 5.74) is 3.24. The van der Waals surface area contributed by atoms with Crippen molar-refractivity contribution in [1.82, 2.24) is 4.98 Å². The van der Waals surface area contributed by atoms with Crippen molar-refractivity contribution in [3.05, 3.63) is 23.0 Å². The second-order valence-corrected chi connectivity index (χ2v) is 4.72. The number of hydrogen-bond donors (Lipinski definition) is 1. The van der Waals surface area contributed by atoms with Gasteiger partial charge in [0.15, 0.2) is 0 Å². The summed E-state index contributed by atoms with van der Waals surface area (Å²) in [5.74, 6) is 0. The van der Waals surface area contributed by atoms with Crippen LogP contribution in [-0.2, 0) is 12.8 Å². The largest absolute Gasteiger partial charge is 0.350 e. The molecule has 1 N–H and O–H groups in total. The Morgan fingerprint density at radius 2 is 1.71 bits per heavy atom. The average molecular weight is 232 g/mol. The third-order valence-corrected chi connectivity index (χ3v) is 3.17. The molecule has 94 valence electrons. The first-order valence-corrected chi connectivity index (χ1v) is 6.92. The lowest BCUT2D eigenvalue weighted by Gasteiger charge is -1.96. The first-order valence-electron chi connectivity index (χ1n) is 6.92. The molecule has 0 aromatic carbocycles. The van der Waals surface area contributed by atoms with E-state index in [1.165, 1.54) is 49.8 Å². The summed E-state index contributed by atoms with van der Waals surface area (Å²) in [6, 6.07) is 4.48. The van der Waals surface area contributed by atoms with Gasteiger partial charge in [-0.3, -0.25) is 0 Å². The zero-order valence-electron chi connectivity index (χ0n) is 11.2. The van der Waals surface area contributed by atoms with Gasteiger partial charge in [0.25, 0.3) is 0 Å². The minimum atomic E-state index is 0.785. The van der Waals surface area contributed by atoms with Crippen molar-refractivity contribution in [1.29, 1.82) is 5.26 Å². The maximum Gasteiger partial charge on any atom is 0.121 e. The van der Waals surface area contributed by atoms with E-state index in [1.54, 1.807) is 0 Å². The van der Waals surface area contributed by atoms with Crippen molar-refractivity contribution in [3.8, 4) is 6.07 Å². The summed E-state index contributed by atoms with van der Waals surface area (Å²) in [6.45, 7) is 4.42. The minimum Gasteiger partial charge on any atom is -0.350 e. The standard InChI is InChI=1S/C15H24N2/c1-3-5-7-9-13-11-14(10-8-6-4-2)17-15(13)12-16/h11,17H,3-10H2,1-2H3. The molecule has 0 aliphatic rings. The van der Waals surface area contributed by atoms with Crippen LogP contribution in [-0.4, -0.2) is 4.98 Å². The molecule has 0 atom stereocenters. The van der Waals surface area contributed by atoms with Gasteiger partial charge in [0.2, 0.25) is 0 Å². The lowest BCUT2D eigenvalue weighted by molar-refractivity contribution is 0.708. The minimum absolute atomic E-state index is 0.785. The van der Waals surface area contributed by atoms with Crippen molar-refractivity contribution in [2.45, 2.75) is 65.2 Å². The van der Waals surface area contributed by atoms with Crippen LogP contribution in [0.25, 0.3) is 0 Å². The molecular weight excluding hydrogens is 208 g/mol. The van der Waals surface area contributed by atoms with E-state index in [9.17, 15) is 0 Å². The lowest BCUT2D eigenvalue weighted by Crippen LogP contribution is -1.86. The fraction of sp³-hybridized carbons (Fsp3) is 0.667. The van der Waals surface area contributed by atoms with E-state index in [-0.39, 0.29) is 0 Å². The van der Waals surface area contributed by atoms with E-state index >= 15 is 0 Å². The van der Waals surface area contributed by atoms with Gasteiger partial charge in [0.05, 0.1) is 0 Å². The van der Waals surface area contributed by atoms with Crippen LogP contribution in [0.1, 0.15) is 69.3 Å². The zero-order chi connectivity index (χ0) is 12.5. The highest BCUT2D eigenvalue weighted by molar-refractivity contribution is 5.35. The van der Waals surface area contributed by atoms with Gasteiger partial charge in [-0.15, -0.1) is 0 Å². The van der Waals surface area contributed by atoms with Crippen LogP contribution >= 0.6 is 0 Å². The number of unbranched alkanes of at least 4 members (excludes halogenated alkanes) is 4. The SMILES string of the molecule is CCCCCc1cc(CCCCC)c(C#N)[nH]1. The van der Waals surface area contributed by atoms with Gasteiger partial charge in [-0.25, -0.2) is 0 Å². The Hall–Kier alpha value is -1.23. The number of rotatable bonds is 8. The summed E-state index contributed by atoms with van der Waals surface area (Å²) in [5, 5.41) is 9.08. The Labute approximate surface area is 105 Å². The number of hydrogen-bond acceptors (Lipinski definition) is 1. The van der Waals surface area contributed by atoms with Gasteiger partial charge in [-0.2, -0.15) is 5.26 Å². The van der Waals surface area contributed by atoms with Crippen LogP contribution in [0.5, 0.6) is 0 Å². The predicted octanol–water partition coefficient (Wildman–Crippen LogP) is 4.35. The number of aromatic nitrogens is 1. The van der Waals surface area contributed by atoms with Gasteiger partial charge in [-0.1, -0.05) is 39.5 Å². The van der Waals surface area contributed by atoms with Crippen LogP contribution in [0.3, 0.4) is 0 Å².